The summed E-state index contributed by atoms with van der Waals surface area (Å²) in [6.07, 6.45) is 1.60. The lowest BCUT2D eigenvalue weighted by Crippen LogP contribution is -2.21. The highest BCUT2D eigenvalue weighted by Gasteiger charge is 2.12. The van der Waals surface area contributed by atoms with Gasteiger partial charge in [-0.05, 0) is 12.5 Å². The Morgan fingerprint density at radius 3 is 2.72 bits per heavy atom. The van der Waals surface area contributed by atoms with Gasteiger partial charge in [0.15, 0.2) is 12.4 Å². The van der Waals surface area contributed by atoms with Gasteiger partial charge in [0.2, 0.25) is 0 Å². The third-order valence-corrected chi connectivity index (χ3v) is 2.96. The fraction of sp³-hybridized carbons (Fsp3) is 0.364. The maximum Gasteiger partial charge on any atom is 0.306 e. The van der Waals surface area contributed by atoms with E-state index in [2.05, 4.69) is 15.0 Å². The number of ether oxygens (including phenoxy) is 1. The molecule has 5 nitrogen and oxygen atoms in total. The molecule has 1 N–H and O–H groups in total. The van der Waals surface area contributed by atoms with E-state index in [4.69, 9.17) is 23.2 Å². The zero-order valence-corrected chi connectivity index (χ0v) is 11.4. The van der Waals surface area contributed by atoms with Gasteiger partial charge in [0, 0.05) is 12.6 Å². The number of rotatable bonds is 4. The Hall–Kier alpha value is -1.33. The summed E-state index contributed by atoms with van der Waals surface area (Å²) < 4.78 is 4.67. The van der Waals surface area contributed by atoms with Gasteiger partial charge in [-0.3, -0.25) is 9.59 Å². The van der Waals surface area contributed by atoms with Crippen molar-refractivity contribution in [2.75, 3.05) is 11.9 Å². The molecule has 0 aromatic carbocycles. The molecule has 1 amide bonds. The summed E-state index contributed by atoms with van der Waals surface area (Å²) in [4.78, 5) is 26.2. The lowest BCUT2D eigenvalue weighted by atomic mass is 10.3. The molecular formula is C11H12Cl2N2O3. The average Bonchev–Trinajstić information content (AvgIpc) is 2.36. The second kappa shape index (κ2) is 6.56. The second-order valence-electron chi connectivity index (χ2n) is 3.46. The van der Waals surface area contributed by atoms with Gasteiger partial charge in [-0.1, -0.05) is 30.1 Å². The van der Waals surface area contributed by atoms with Gasteiger partial charge >= 0.3 is 5.97 Å². The number of carbonyl (C=O) groups is 2. The van der Waals surface area contributed by atoms with Gasteiger partial charge in [0.1, 0.15) is 0 Å². The maximum atomic E-state index is 11.5. The van der Waals surface area contributed by atoms with Crippen molar-refractivity contribution in [2.45, 2.75) is 20.3 Å². The van der Waals surface area contributed by atoms with Crippen LogP contribution in [0.2, 0.25) is 10.0 Å². The first kappa shape index (κ1) is 14.7. The molecular weight excluding hydrogens is 279 g/mol. The molecule has 98 valence electrons. The molecule has 18 heavy (non-hydrogen) atoms. The molecule has 1 heterocycles. The topological polar surface area (TPSA) is 68.3 Å². The molecule has 0 atom stereocenters. The van der Waals surface area contributed by atoms with Crippen molar-refractivity contribution in [1.29, 1.82) is 0 Å². The van der Waals surface area contributed by atoms with Gasteiger partial charge in [0.25, 0.3) is 5.91 Å². The van der Waals surface area contributed by atoms with Gasteiger partial charge in [-0.2, -0.15) is 0 Å². The van der Waals surface area contributed by atoms with E-state index >= 15 is 0 Å². The van der Waals surface area contributed by atoms with E-state index in [0.717, 1.165) is 0 Å². The number of amides is 1. The normalized spacial score (nSPS) is 10.0. The van der Waals surface area contributed by atoms with Crippen molar-refractivity contribution in [3.05, 3.63) is 21.8 Å². The molecule has 0 saturated heterocycles. The summed E-state index contributed by atoms with van der Waals surface area (Å²) in [6, 6.07) is 0. The van der Waals surface area contributed by atoms with E-state index in [1.165, 1.54) is 6.20 Å². The summed E-state index contributed by atoms with van der Waals surface area (Å²) in [5.74, 6) is -0.763. The molecule has 0 aliphatic carbocycles. The molecule has 0 unspecified atom stereocenters. The molecule has 0 aliphatic heterocycles. The molecule has 0 fully saturated rings. The first-order valence-electron chi connectivity index (χ1n) is 5.21. The van der Waals surface area contributed by atoms with Gasteiger partial charge in [-0.25, -0.2) is 4.98 Å². The van der Waals surface area contributed by atoms with Crippen molar-refractivity contribution in [3.8, 4) is 0 Å². The number of anilines is 1. The number of pyridine rings is 1. The number of nitrogens with one attached hydrogen (secondary N) is 1. The molecule has 7 heteroatoms. The van der Waals surface area contributed by atoms with E-state index in [9.17, 15) is 9.59 Å². The third kappa shape index (κ3) is 3.85. The van der Waals surface area contributed by atoms with Crippen LogP contribution in [-0.4, -0.2) is 23.5 Å². The quantitative estimate of drug-likeness (QED) is 0.866. The van der Waals surface area contributed by atoms with E-state index < -0.39 is 11.9 Å². The van der Waals surface area contributed by atoms with Crippen LogP contribution in [0.5, 0.6) is 0 Å². The Labute approximate surface area is 114 Å². The number of aromatic nitrogens is 1. The number of hydrogen-bond donors (Lipinski definition) is 1. The molecule has 1 aromatic heterocycles. The first-order valence-corrected chi connectivity index (χ1v) is 5.97. The largest absolute Gasteiger partial charge is 0.456 e. The van der Waals surface area contributed by atoms with E-state index in [1.54, 1.807) is 13.8 Å². The summed E-state index contributed by atoms with van der Waals surface area (Å²) in [5, 5.41) is 3.11. The monoisotopic (exact) mass is 290 g/mol. The summed E-state index contributed by atoms with van der Waals surface area (Å²) >= 11 is 11.8. The van der Waals surface area contributed by atoms with Crippen molar-refractivity contribution in [3.63, 3.8) is 0 Å². The highest BCUT2D eigenvalue weighted by molar-refractivity contribution is 6.37. The molecule has 0 radical (unpaired) electrons. The highest BCUT2D eigenvalue weighted by Crippen LogP contribution is 2.28. The van der Waals surface area contributed by atoms with Crippen molar-refractivity contribution in [1.82, 2.24) is 4.98 Å². The van der Waals surface area contributed by atoms with Crippen LogP contribution in [0.25, 0.3) is 0 Å². The van der Waals surface area contributed by atoms with Crippen LogP contribution < -0.4 is 5.32 Å². The van der Waals surface area contributed by atoms with Crippen molar-refractivity contribution in [2.24, 2.45) is 0 Å². The van der Waals surface area contributed by atoms with Gasteiger partial charge < -0.3 is 10.1 Å². The SMILES string of the molecule is CCC(=O)OCC(=O)Nc1ncc(Cl)c(C)c1Cl. The smallest absolute Gasteiger partial charge is 0.306 e. The molecule has 0 spiro atoms. The minimum Gasteiger partial charge on any atom is -0.456 e. The van der Waals surface area contributed by atoms with Gasteiger partial charge in [0.05, 0.1) is 10.0 Å². The Morgan fingerprint density at radius 1 is 1.44 bits per heavy atom. The third-order valence-electron chi connectivity index (χ3n) is 2.11. The Morgan fingerprint density at radius 2 is 2.11 bits per heavy atom. The predicted octanol–water partition coefficient (Wildman–Crippen LogP) is 2.59. The fourth-order valence-electron chi connectivity index (χ4n) is 1.06. The van der Waals surface area contributed by atoms with Crippen LogP contribution in [0.3, 0.4) is 0 Å². The van der Waals surface area contributed by atoms with Crippen LogP contribution in [0.1, 0.15) is 18.9 Å². The lowest BCUT2D eigenvalue weighted by molar-refractivity contribution is -0.146. The lowest BCUT2D eigenvalue weighted by Gasteiger charge is -2.09. The zero-order valence-electron chi connectivity index (χ0n) is 9.92. The van der Waals surface area contributed by atoms with Crippen LogP contribution in [0.4, 0.5) is 5.82 Å². The number of esters is 1. The average molecular weight is 291 g/mol. The van der Waals surface area contributed by atoms with E-state index in [1.807, 2.05) is 0 Å². The van der Waals surface area contributed by atoms with Crippen molar-refractivity contribution < 1.29 is 14.3 Å². The minimum absolute atomic E-state index is 0.191. The standard InChI is InChI=1S/C11H12Cl2N2O3/c1-3-9(17)18-5-8(16)15-11-10(13)6(2)7(12)4-14-11/h4H,3,5H2,1-2H3,(H,14,15,16). The summed E-state index contributed by atoms with van der Waals surface area (Å²) in [5.41, 5.74) is 0.620. The molecule has 1 rings (SSSR count). The minimum atomic E-state index is -0.507. The van der Waals surface area contributed by atoms with E-state index in [-0.39, 0.29) is 23.9 Å². The molecule has 0 saturated carbocycles. The van der Waals surface area contributed by atoms with Crippen LogP contribution >= 0.6 is 23.2 Å². The molecule has 0 aliphatic rings. The molecule has 0 bridgehead atoms. The first-order chi connectivity index (χ1) is 8.45. The highest BCUT2D eigenvalue weighted by atomic mass is 35.5. The van der Waals surface area contributed by atoms with Crippen LogP contribution in [0, 0.1) is 6.92 Å². The number of hydrogen-bond acceptors (Lipinski definition) is 4. The zero-order chi connectivity index (χ0) is 13.7. The Balaban J connectivity index is 2.65. The Kier molecular flexibility index (Phi) is 5.37. The fourth-order valence-corrected chi connectivity index (χ4v) is 1.45. The second-order valence-corrected chi connectivity index (χ2v) is 4.24. The maximum absolute atomic E-state index is 11.5. The number of nitrogens with zero attached hydrogens (tertiary/aromatic N) is 1. The van der Waals surface area contributed by atoms with Crippen LogP contribution in [0.15, 0.2) is 6.20 Å². The van der Waals surface area contributed by atoms with Crippen molar-refractivity contribution >= 4 is 40.9 Å². The number of halogens is 2. The van der Waals surface area contributed by atoms with Gasteiger partial charge in [-0.15, -0.1) is 0 Å². The molecule has 1 aromatic rings. The predicted molar refractivity (Wildman–Crippen MR) is 68.9 cm³/mol. The van der Waals surface area contributed by atoms with E-state index in [0.29, 0.717) is 10.6 Å². The van der Waals surface area contributed by atoms with Crippen LogP contribution in [-0.2, 0) is 14.3 Å². The summed E-state index contributed by atoms with van der Waals surface area (Å²) in [7, 11) is 0. The summed E-state index contributed by atoms with van der Waals surface area (Å²) in [6.45, 7) is 2.98. The Bertz CT molecular complexity index is 478. The number of carbonyl (C=O) groups excluding carboxylic acids is 2.